The van der Waals surface area contributed by atoms with Crippen molar-refractivity contribution in [2.75, 3.05) is 0 Å². The lowest BCUT2D eigenvalue weighted by atomic mass is 9.99. The summed E-state index contributed by atoms with van der Waals surface area (Å²) in [5.41, 5.74) is 11.5. The second-order valence-corrected chi connectivity index (χ2v) is 17.3. The van der Waals surface area contributed by atoms with Gasteiger partial charge in [-0.1, -0.05) is 134 Å². The molecule has 1 atom stereocenters. The van der Waals surface area contributed by atoms with Crippen LogP contribution in [0.1, 0.15) is 24.5 Å². The lowest BCUT2D eigenvalue weighted by molar-refractivity contribution is 0.668. The molecule has 0 N–H and O–H groups in total. The monoisotopic (exact) mass is 834 g/mol. The molecule has 4 aromatic heterocycles. The first kappa shape index (κ1) is 36.0. The molecule has 0 radical (unpaired) electrons. The van der Waals surface area contributed by atoms with Gasteiger partial charge in [-0.2, -0.15) is 0 Å². The van der Waals surface area contributed by atoms with Crippen LogP contribution in [0.5, 0.6) is 0 Å². The fraction of sp³-hybridized carbons (Fsp3) is 0.0508. The number of rotatable bonds is 3. The first-order valence-electron chi connectivity index (χ1n) is 22.3. The van der Waals surface area contributed by atoms with Gasteiger partial charge in [0.15, 0.2) is 5.84 Å². The zero-order chi connectivity index (χ0) is 42.8. The fourth-order valence-electron chi connectivity index (χ4n) is 10.5. The van der Waals surface area contributed by atoms with Crippen LogP contribution in [-0.4, -0.2) is 20.8 Å². The van der Waals surface area contributed by atoms with Gasteiger partial charge in [0.25, 0.3) is 0 Å². The molecule has 14 rings (SSSR count). The number of furan rings is 2. The van der Waals surface area contributed by atoms with Crippen molar-refractivity contribution in [3.63, 3.8) is 0 Å². The van der Waals surface area contributed by atoms with Crippen LogP contribution < -0.4 is 0 Å². The summed E-state index contributed by atoms with van der Waals surface area (Å²) in [6.07, 6.45) is 3.03. The average molecular weight is 835 g/mol. The summed E-state index contributed by atoms with van der Waals surface area (Å²) in [6, 6.07) is 66.7. The van der Waals surface area contributed by atoms with Gasteiger partial charge in [-0.15, -0.1) is 0 Å². The third kappa shape index (κ3) is 5.41. The number of benzene rings is 9. The Morgan fingerprint density at radius 2 is 0.969 bits per heavy atom. The number of para-hydroxylation sites is 5. The van der Waals surface area contributed by atoms with E-state index in [2.05, 4.69) is 186 Å². The summed E-state index contributed by atoms with van der Waals surface area (Å²) in [5.74, 6) is 1.55. The van der Waals surface area contributed by atoms with E-state index in [1.165, 1.54) is 32.3 Å². The van der Waals surface area contributed by atoms with Crippen LogP contribution in [0.15, 0.2) is 213 Å². The Labute approximate surface area is 372 Å². The summed E-state index contributed by atoms with van der Waals surface area (Å²) in [6.45, 7) is 2.29. The Balaban J connectivity index is 1.08. The topological polar surface area (TPSA) is 60.9 Å². The molecule has 0 bridgehead atoms. The Morgan fingerprint density at radius 3 is 1.66 bits per heavy atom. The molecule has 306 valence electrons. The minimum atomic E-state index is 0.00573. The molecule has 1 unspecified atom stereocenters. The molecule has 0 aliphatic carbocycles. The number of nitrogens with zero attached hydrogens (tertiary/aromatic N) is 4. The van der Waals surface area contributed by atoms with Gasteiger partial charge in [-0.25, -0.2) is 9.98 Å². The minimum Gasteiger partial charge on any atom is -0.456 e. The van der Waals surface area contributed by atoms with Crippen LogP contribution in [0.25, 0.3) is 110 Å². The lowest BCUT2D eigenvalue weighted by Gasteiger charge is -2.21. The van der Waals surface area contributed by atoms with Gasteiger partial charge in [0.05, 0.1) is 33.5 Å². The van der Waals surface area contributed by atoms with Gasteiger partial charge in [0, 0.05) is 66.2 Å². The third-order valence-electron chi connectivity index (χ3n) is 13.6. The van der Waals surface area contributed by atoms with Crippen molar-refractivity contribution in [3.8, 4) is 5.69 Å². The molecule has 5 heterocycles. The molecule has 0 fully saturated rings. The molecule has 6 heteroatoms. The van der Waals surface area contributed by atoms with Gasteiger partial charge >= 0.3 is 0 Å². The Morgan fingerprint density at radius 1 is 0.431 bits per heavy atom. The van der Waals surface area contributed by atoms with E-state index in [1.807, 2.05) is 24.3 Å². The Bertz CT molecular complexity index is 4190. The predicted molar refractivity (Wildman–Crippen MR) is 270 cm³/mol. The van der Waals surface area contributed by atoms with Crippen molar-refractivity contribution >= 4 is 116 Å². The SMILES string of the molecule is CC1C/C=C(\c2cc3c(cc2-n2c4ccccc4c4cc5ccccc5cc42)oc2ccccc23)N=C(c2ccc3c(c2)oc2ccccc23)N=C1n1c2ccccc2c2ccccc21. The molecular weight excluding hydrogens is 797 g/mol. The smallest absolute Gasteiger partial charge is 0.161 e. The zero-order valence-corrected chi connectivity index (χ0v) is 35.4. The van der Waals surface area contributed by atoms with Gasteiger partial charge < -0.3 is 13.4 Å². The van der Waals surface area contributed by atoms with Crippen molar-refractivity contribution in [1.82, 2.24) is 9.13 Å². The van der Waals surface area contributed by atoms with E-state index in [-0.39, 0.29) is 5.92 Å². The first-order valence-corrected chi connectivity index (χ1v) is 22.3. The second-order valence-electron chi connectivity index (χ2n) is 17.3. The van der Waals surface area contributed by atoms with Crippen LogP contribution in [0.3, 0.4) is 0 Å². The number of aromatic nitrogens is 2. The van der Waals surface area contributed by atoms with Crippen molar-refractivity contribution < 1.29 is 8.83 Å². The Hall–Kier alpha value is -8.48. The van der Waals surface area contributed by atoms with E-state index in [0.29, 0.717) is 12.3 Å². The van der Waals surface area contributed by atoms with E-state index in [9.17, 15) is 0 Å². The molecule has 0 saturated heterocycles. The van der Waals surface area contributed by atoms with Crippen LogP contribution in [-0.2, 0) is 0 Å². The quantitative estimate of drug-likeness (QED) is 0.178. The number of hydrogen-bond acceptors (Lipinski definition) is 4. The van der Waals surface area contributed by atoms with Gasteiger partial charge in [0.1, 0.15) is 28.2 Å². The molecule has 1 aliphatic rings. The van der Waals surface area contributed by atoms with Crippen molar-refractivity contribution in [2.24, 2.45) is 15.9 Å². The van der Waals surface area contributed by atoms with Gasteiger partial charge in [-0.3, -0.25) is 4.57 Å². The summed E-state index contributed by atoms with van der Waals surface area (Å²) in [4.78, 5) is 11.5. The fourth-order valence-corrected chi connectivity index (χ4v) is 10.5. The molecule has 9 aromatic carbocycles. The van der Waals surface area contributed by atoms with E-state index in [0.717, 1.165) is 94.3 Å². The van der Waals surface area contributed by atoms with Crippen LogP contribution in [0, 0.1) is 5.92 Å². The Kier molecular flexibility index (Phi) is 7.63. The standard InChI is InChI=1S/C59H38N4O2/c1-35-26-29-48(47-33-46-43-20-8-13-25-55(43)65-57(46)34-53(47)62-49-21-9-6-18-41(49)45-30-36-14-2-3-15-37(36)31-52(45)62)60-58(38-27-28-44-42-19-7-12-24-54(42)64-56(44)32-38)61-59(35)63-50-22-10-4-16-39(50)40-17-5-11-23-51(40)63/h2-25,27-35H,26H2,1H3/b48-29+,60-58?,61-59?. The molecule has 1 aliphatic heterocycles. The molecule has 13 aromatic rings. The number of hydrogen-bond donors (Lipinski definition) is 0. The average Bonchev–Trinajstić information content (AvgIpc) is 4.09. The normalized spacial score (nSPS) is 15.7. The van der Waals surface area contributed by atoms with Crippen LogP contribution >= 0.6 is 0 Å². The number of allylic oxidation sites excluding steroid dienone is 1. The highest BCUT2D eigenvalue weighted by atomic mass is 16.3. The van der Waals surface area contributed by atoms with Gasteiger partial charge in [-0.05, 0) is 77.9 Å². The predicted octanol–water partition coefficient (Wildman–Crippen LogP) is 15.6. The third-order valence-corrected chi connectivity index (χ3v) is 13.6. The van der Waals surface area contributed by atoms with Crippen LogP contribution in [0.4, 0.5) is 0 Å². The van der Waals surface area contributed by atoms with E-state index in [4.69, 9.17) is 18.8 Å². The summed E-state index contributed by atoms with van der Waals surface area (Å²) < 4.78 is 17.9. The largest absolute Gasteiger partial charge is 0.456 e. The second kappa shape index (κ2) is 13.8. The minimum absolute atomic E-state index is 0.00573. The number of amidine groups is 1. The zero-order valence-electron chi connectivity index (χ0n) is 35.4. The first-order chi connectivity index (χ1) is 32.1. The van der Waals surface area contributed by atoms with Crippen molar-refractivity contribution in [3.05, 3.63) is 205 Å². The maximum absolute atomic E-state index is 6.67. The van der Waals surface area contributed by atoms with E-state index >= 15 is 0 Å². The molecule has 65 heavy (non-hydrogen) atoms. The highest BCUT2D eigenvalue weighted by Crippen LogP contribution is 2.42. The van der Waals surface area contributed by atoms with E-state index in [1.54, 1.807) is 0 Å². The molecule has 0 spiro atoms. The van der Waals surface area contributed by atoms with Crippen molar-refractivity contribution in [1.29, 1.82) is 0 Å². The summed E-state index contributed by atoms with van der Waals surface area (Å²) in [7, 11) is 0. The summed E-state index contributed by atoms with van der Waals surface area (Å²) in [5, 5.41) is 11.4. The molecular formula is C59H38N4O2. The molecule has 0 saturated carbocycles. The number of fused-ring (bicyclic) bond motifs is 13. The van der Waals surface area contributed by atoms with E-state index < -0.39 is 0 Å². The highest BCUT2D eigenvalue weighted by Gasteiger charge is 2.26. The van der Waals surface area contributed by atoms with Crippen LogP contribution in [0.2, 0.25) is 0 Å². The van der Waals surface area contributed by atoms with Gasteiger partial charge in [0.2, 0.25) is 0 Å². The molecule has 6 nitrogen and oxygen atoms in total. The number of aliphatic imine (C=N–C) groups is 2. The maximum Gasteiger partial charge on any atom is 0.161 e. The highest BCUT2D eigenvalue weighted by molar-refractivity contribution is 6.20. The van der Waals surface area contributed by atoms with Crippen molar-refractivity contribution in [2.45, 2.75) is 13.3 Å². The molecule has 0 amide bonds. The lowest BCUT2D eigenvalue weighted by Crippen LogP contribution is -2.23. The summed E-state index contributed by atoms with van der Waals surface area (Å²) >= 11 is 0. The maximum atomic E-state index is 6.67.